The molecule has 0 radical (unpaired) electrons. The van der Waals surface area contributed by atoms with Gasteiger partial charge >= 0.3 is 0 Å². The number of carbonyl (C=O) groups is 1. The van der Waals surface area contributed by atoms with Gasteiger partial charge in [0, 0.05) is 22.2 Å². The summed E-state index contributed by atoms with van der Waals surface area (Å²) in [5.74, 6) is 0.0789. The van der Waals surface area contributed by atoms with Crippen molar-refractivity contribution < 1.29 is 4.79 Å². The van der Waals surface area contributed by atoms with Crippen LogP contribution in [0.15, 0.2) is 18.2 Å². The van der Waals surface area contributed by atoms with Crippen molar-refractivity contribution in [3.8, 4) is 0 Å². The summed E-state index contributed by atoms with van der Waals surface area (Å²) in [5, 5.41) is 0.649. The van der Waals surface area contributed by atoms with Gasteiger partial charge in [-0.15, -0.1) is 0 Å². The largest absolute Gasteiger partial charge is 0.339 e. The number of amides is 1. The van der Waals surface area contributed by atoms with E-state index in [1.165, 1.54) is 12.8 Å². The lowest BCUT2D eigenvalue weighted by Crippen LogP contribution is -2.35. The van der Waals surface area contributed by atoms with Crippen molar-refractivity contribution in [2.45, 2.75) is 31.7 Å². The molecule has 1 amide bonds. The van der Waals surface area contributed by atoms with Crippen molar-refractivity contribution in [2.24, 2.45) is 0 Å². The summed E-state index contributed by atoms with van der Waals surface area (Å²) in [6.45, 7) is 0. The zero-order chi connectivity index (χ0) is 12.4. The molecule has 1 aliphatic rings. The van der Waals surface area contributed by atoms with Crippen LogP contribution in [0.3, 0.4) is 0 Å². The van der Waals surface area contributed by atoms with Gasteiger partial charge in [-0.1, -0.05) is 24.4 Å². The summed E-state index contributed by atoms with van der Waals surface area (Å²) in [6, 6.07) is 5.90. The Morgan fingerprint density at radius 2 is 2.06 bits per heavy atom. The van der Waals surface area contributed by atoms with Crippen molar-refractivity contribution in [1.82, 2.24) is 4.90 Å². The van der Waals surface area contributed by atoms with Crippen molar-refractivity contribution >= 4 is 40.1 Å². The molecule has 0 bridgehead atoms. The molecule has 1 aromatic carbocycles. The highest BCUT2D eigenvalue weighted by atomic mass is 127. The number of rotatable bonds is 2. The summed E-state index contributed by atoms with van der Waals surface area (Å²) in [7, 11) is 1.89. The fraction of sp³-hybridized carbons (Fsp3) is 0.462. The number of hydrogen-bond donors (Lipinski definition) is 0. The van der Waals surface area contributed by atoms with Crippen molar-refractivity contribution in [3.05, 3.63) is 32.4 Å². The molecule has 0 spiro atoms. The first kappa shape index (κ1) is 13.1. The van der Waals surface area contributed by atoms with E-state index < -0.39 is 0 Å². The van der Waals surface area contributed by atoms with E-state index in [9.17, 15) is 4.79 Å². The van der Waals surface area contributed by atoms with Crippen LogP contribution < -0.4 is 0 Å². The van der Waals surface area contributed by atoms with E-state index >= 15 is 0 Å². The van der Waals surface area contributed by atoms with E-state index in [1.807, 2.05) is 24.1 Å². The Bertz CT molecular complexity index is 429. The Morgan fingerprint density at radius 3 is 2.65 bits per heavy atom. The molecular formula is C13H15ClINO. The minimum absolute atomic E-state index is 0.0789. The topological polar surface area (TPSA) is 20.3 Å². The minimum atomic E-state index is 0.0789. The fourth-order valence-electron chi connectivity index (χ4n) is 2.29. The third-order valence-corrected chi connectivity index (χ3v) is 4.93. The Hall–Kier alpha value is -0.290. The van der Waals surface area contributed by atoms with Crippen LogP contribution in [0.2, 0.25) is 5.02 Å². The molecule has 0 heterocycles. The number of carbonyl (C=O) groups excluding carboxylic acids is 1. The van der Waals surface area contributed by atoms with Crippen molar-refractivity contribution in [1.29, 1.82) is 0 Å². The van der Waals surface area contributed by atoms with Gasteiger partial charge in [0.15, 0.2) is 0 Å². The van der Waals surface area contributed by atoms with Crippen molar-refractivity contribution in [3.63, 3.8) is 0 Å². The van der Waals surface area contributed by atoms with Crippen LogP contribution in [0.25, 0.3) is 0 Å². The standard InChI is InChI=1S/C13H15ClINO/c1-16(10-4-2-3-5-10)13(17)9-6-7-12(15)11(14)8-9/h6-8,10H,2-5H2,1H3. The van der Waals surface area contributed by atoms with Crippen LogP contribution in [-0.4, -0.2) is 23.9 Å². The number of halogens is 2. The van der Waals surface area contributed by atoms with Crippen LogP contribution in [0.5, 0.6) is 0 Å². The van der Waals surface area contributed by atoms with Gasteiger partial charge < -0.3 is 4.90 Å². The van der Waals surface area contributed by atoms with Gasteiger partial charge in [-0.2, -0.15) is 0 Å². The Morgan fingerprint density at radius 1 is 1.41 bits per heavy atom. The van der Waals surface area contributed by atoms with E-state index in [-0.39, 0.29) is 5.91 Å². The second-order valence-electron chi connectivity index (χ2n) is 4.48. The van der Waals surface area contributed by atoms with E-state index in [1.54, 1.807) is 6.07 Å². The molecule has 92 valence electrons. The second kappa shape index (κ2) is 5.57. The molecule has 2 nitrogen and oxygen atoms in total. The maximum atomic E-state index is 12.3. The highest BCUT2D eigenvalue weighted by Gasteiger charge is 2.24. The lowest BCUT2D eigenvalue weighted by molar-refractivity contribution is 0.0735. The zero-order valence-corrected chi connectivity index (χ0v) is 12.7. The lowest BCUT2D eigenvalue weighted by Gasteiger charge is -2.24. The first-order valence-corrected chi connectivity index (χ1v) is 7.27. The molecule has 4 heteroatoms. The SMILES string of the molecule is CN(C(=O)c1ccc(I)c(Cl)c1)C1CCCC1. The lowest BCUT2D eigenvalue weighted by atomic mass is 10.1. The molecular weight excluding hydrogens is 349 g/mol. The summed E-state index contributed by atoms with van der Waals surface area (Å²) < 4.78 is 0.976. The van der Waals surface area contributed by atoms with Gasteiger partial charge in [-0.05, 0) is 53.6 Å². The number of benzene rings is 1. The van der Waals surface area contributed by atoms with Gasteiger partial charge in [0.05, 0.1) is 5.02 Å². The molecule has 1 fully saturated rings. The summed E-state index contributed by atoms with van der Waals surface area (Å²) in [5.41, 5.74) is 0.685. The van der Waals surface area contributed by atoms with E-state index in [4.69, 9.17) is 11.6 Å². The second-order valence-corrected chi connectivity index (χ2v) is 6.05. The number of hydrogen-bond acceptors (Lipinski definition) is 1. The van der Waals surface area contributed by atoms with E-state index in [0.717, 1.165) is 16.4 Å². The Balaban J connectivity index is 2.15. The molecule has 1 saturated carbocycles. The Labute approximate surface area is 120 Å². The van der Waals surface area contributed by atoms with Gasteiger partial charge in [0.1, 0.15) is 0 Å². The van der Waals surface area contributed by atoms with Gasteiger partial charge in [-0.25, -0.2) is 0 Å². The smallest absolute Gasteiger partial charge is 0.253 e. The normalized spacial score (nSPS) is 16.2. The third kappa shape index (κ3) is 2.94. The molecule has 17 heavy (non-hydrogen) atoms. The molecule has 0 aromatic heterocycles. The average molecular weight is 364 g/mol. The van der Waals surface area contributed by atoms with Crippen LogP contribution in [0.4, 0.5) is 0 Å². The van der Waals surface area contributed by atoms with Gasteiger partial charge in [-0.3, -0.25) is 4.79 Å². The molecule has 0 atom stereocenters. The molecule has 1 aromatic rings. The Kier molecular flexibility index (Phi) is 4.31. The molecule has 0 saturated heterocycles. The van der Waals surface area contributed by atoms with Crippen LogP contribution >= 0.6 is 34.2 Å². The predicted octanol–water partition coefficient (Wildman–Crippen LogP) is 3.96. The summed E-state index contributed by atoms with van der Waals surface area (Å²) >= 11 is 8.21. The highest BCUT2D eigenvalue weighted by molar-refractivity contribution is 14.1. The first-order chi connectivity index (χ1) is 8.09. The van der Waals surface area contributed by atoms with E-state index in [2.05, 4.69) is 22.6 Å². The van der Waals surface area contributed by atoms with Crippen LogP contribution in [0.1, 0.15) is 36.0 Å². The molecule has 1 aliphatic carbocycles. The van der Waals surface area contributed by atoms with Crippen LogP contribution in [0, 0.1) is 3.57 Å². The fourth-order valence-corrected chi connectivity index (χ4v) is 2.81. The quantitative estimate of drug-likeness (QED) is 0.728. The zero-order valence-electron chi connectivity index (χ0n) is 9.75. The van der Waals surface area contributed by atoms with Gasteiger partial charge in [0.2, 0.25) is 0 Å². The first-order valence-electron chi connectivity index (χ1n) is 5.82. The molecule has 0 N–H and O–H groups in total. The van der Waals surface area contributed by atoms with Crippen molar-refractivity contribution in [2.75, 3.05) is 7.05 Å². The minimum Gasteiger partial charge on any atom is -0.339 e. The third-order valence-electron chi connectivity index (χ3n) is 3.36. The molecule has 0 aliphatic heterocycles. The maximum absolute atomic E-state index is 12.3. The van der Waals surface area contributed by atoms with E-state index in [0.29, 0.717) is 16.6 Å². The predicted molar refractivity (Wildman–Crippen MR) is 78.5 cm³/mol. The summed E-state index contributed by atoms with van der Waals surface area (Å²) in [6.07, 6.45) is 4.71. The van der Waals surface area contributed by atoms with Gasteiger partial charge in [0.25, 0.3) is 5.91 Å². The highest BCUT2D eigenvalue weighted by Crippen LogP contribution is 2.25. The monoisotopic (exact) mass is 363 g/mol. The average Bonchev–Trinajstić information content (AvgIpc) is 2.84. The maximum Gasteiger partial charge on any atom is 0.253 e. The summed E-state index contributed by atoms with van der Waals surface area (Å²) in [4.78, 5) is 14.1. The number of nitrogens with zero attached hydrogens (tertiary/aromatic N) is 1. The molecule has 0 unspecified atom stereocenters. The molecule has 2 rings (SSSR count). The van der Waals surface area contributed by atoms with Crippen LogP contribution in [-0.2, 0) is 0 Å².